The third kappa shape index (κ3) is 1.54. The summed E-state index contributed by atoms with van der Waals surface area (Å²) < 4.78 is 5.76. The SMILES string of the molecule is c1cc2c(c(-c3ccnnc3)c1)OCCC2. The van der Waals surface area contributed by atoms with E-state index < -0.39 is 0 Å². The highest BCUT2D eigenvalue weighted by atomic mass is 16.5. The van der Waals surface area contributed by atoms with Crippen molar-refractivity contribution >= 4 is 0 Å². The minimum absolute atomic E-state index is 0.808. The number of fused-ring (bicyclic) bond motifs is 1. The summed E-state index contributed by atoms with van der Waals surface area (Å²) in [5.41, 5.74) is 3.47. The van der Waals surface area contributed by atoms with Crippen LogP contribution in [-0.4, -0.2) is 16.8 Å². The molecule has 0 bridgehead atoms. The van der Waals surface area contributed by atoms with E-state index in [2.05, 4.69) is 28.4 Å². The van der Waals surface area contributed by atoms with Gasteiger partial charge in [-0.3, -0.25) is 0 Å². The fourth-order valence-electron chi connectivity index (χ4n) is 2.07. The lowest BCUT2D eigenvalue weighted by Gasteiger charge is -2.20. The average molecular weight is 212 g/mol. The van der Waals surface area contributed by atoms with Gasteiger partial charge in [0.15, 0.2) is 0 Å². The molecule has 0 saturated heterocycles. The molecule has 0 aliphatic carbocycles. The first-order valence-corrected chi connectivity index (χ1v) is 5.47. The van der Waals surface area contributed by atoms with Gasteiger partial charge >= 0.3 is 0 Å². The van der Waals surface area contributed by atoms with Crippen LogP contribution in [0, 0.1) is 0 Å². The molecule has 3 rings (SSSR count). The highest BCUT2D eigenvalue weighted by molar-refractivity contribution is 5.71. The summed E-state index contributed by atoms with van der Waals surface area (Å²) in [5, 5.41) is 7.70. The van der Waals surface area contributed by atoms with Gasteiger partial charge in [-0.05, 0) is 24.5 Å². The van der Waals surface area contributed by atoms with Gasteiger partial charge in [-0.2, -0.15) is 10.2 Å². The maximum atomic E-state index is 5.76. The number of rotatable bonds is 1. The molecule has 1 aromatic heterocycles. The van der Waals surface area contributed by atoms with E-state index in [1.807, 2.05) is 6.07 Å². The highest BCUT2D eigenvalue weighted by Crippen LogP contribution is 2.35. The Morgan fingerprint density at radius 3 is 3.00 bits per heavy atom. The second-order valence-electron chi connectivity index (χ2n) is 3.88. The summed E-state index contributed by atoms with van der Waals surface area (Å²) in [4.78, 5) is 0. The Morgan fingerprint density at radius 1 is 1.12 bits per heavy atom. The lowest BCUT2D eigenvalue weighted by molar-refractivity contribution is 0.289. The minimum atomic E-state index is 0.808. The molecule has 0 atom stereocenters. The van der Waals surface area contributed by atoms with Crippen molar-refractivity contribution < 1.29 is 4.74 Å². The summed E-state index contributed by atoms with van der Waals surface area (Å²) in [6, 6.07) is 8.23. The van der Waals surface area contributed by atoms with E-state index in [0.717, 1.165) is 36.3 Å². The molecule has 3 heteroatoms. The van der Waals surface area contributed by atoms with Gasteiger partial charge in [0.05, 0.1) is 19.0 Å². The van der Waals surface area contributed by atoms with E-state index in [1.54, 1.807) is 12.4 Å². The van der Waals surface area contributed by atoms with Crippen LogP contribution in [0.4, 0.5) is 0 Å². The Kier molecular flexibility index (Phi) is 2.29. The molecule has 1 aliphatic rings. The zero-order valence-corrected chi connectivity index (χ0v) is 8.89. The number of ether oxygens (including phenoxy) is 1. The van der Waals surface area contributed by atoms with Crippen molar-refractivity contribution in [3.05, 3.63) is 42.2 Å². The van der Waals surface area contributed by atoms with E-state index >= 15 is 0 Å². The van der Waals surface area contributed by atoms with Crippen molar-refractivity contribution in [1.29, 1.82) is 0 Å². The standard InChI is InChI=1S/C13H12N2O/c1-3-10-4-2-8-16-13(10)12(5-1)11-6-7-14-15-9-11/h1,3,5-7,9H,2,4,8H2. The van der Waals surface area contributed by atoms with Crippen LogP contribution < -0.4 is 4.74 Å². The van der Waals surface area contributed by atoms with Gasteiger partial charge in [-0.1, -0.05) is 18.2 Å². The molecule has 0 spiro atoms. The number of aromatic nitrogens is 2. The molecular weight excluding hydrogens is 200 g/mol. The predicted molar refractivity (Wildman–Crippen MR) is 61.3 cm³/mol. The lowest BCUT2D eigenvalue weighted by atomic mass is 9.99. The largest absolute Gasteiger partial charge is 0.493 e. The van der Waals surface area contributed by atoms with Crippen LogP contribution in [0.3, 0.4) is 0 Å². The maximum Gasteiger partial charge on any atom is 0.130 e. The lowest BCUT2D eigenvalue weighted by Crippen LogP contribution is -2.09. The fourth-order valence-corrected chi connectivity index (χ4v) is 2.07. The Bertz CT molecular complexity index is 497. The molecule has 1 aliphatic heterocycles. The average Bonchev–Trinajstić information content (AvgIpc) is 2.39. The van der Waals surface area contributed by atoms with E-state index in [1.165, 1.54) is 5.56 Å². The Balaban J connectivity index is 2.14. The number of nitrogens with zero attached hydrogens (tertiary/aromatic N) is 2. The Morgan fingerprint density at radius 2 is 2.12 bits per heavy atom. The molecule has 80 valence electrons. The smallest absolute Gasteiger partial charge is 0.130 e. The topological polar surface area (TPSA) is 35.0 Å². The van der Waals surface area contributed by atoms with Gasteiger partial charge in [0.2, 0.25) is 0 Å². The summed E-state index contributed by atoms with van der Waals surface area (Å²) in [5.74, 6) is 1.02. The van der Waals surface area contributed by atoms with Gasteiger partial charge in [-0.25, -0.2) is 0 Å². The van der Waals surface area contributed by atoms with Gasteiger partial charge in [0, 0.05) is 11.1 Å². The molecule has 3 nitrogen and oxygen atoms in total. The second kappa shape index (κ2) is 3.93. The van der Waals surface area contributed by atoms with Crippen LogP contribution in [-0.2, 0) is 6.42 Å². The van der Waals surface area contributed by atoms with Crippen molar-refractivity contribution in [2.24, 2.45) is 0 Å². The molecule has 2 aromatic rings. The minimum Gasteiger partial charge on any atom is -0.493 e. The second-order valence-corrected chi connectivity index (χ2v) is 3.88. The third-order valence-electron chi connectivity index (χ3n) is 2.83. The first-order valence-electron chi connectivity index (χ1n) is 5.47. The Labute approximate surface area is 94.1 Å². The van der Waals surface area contributed by atoms with Gasteiger partial charge < -0.3 is 4.74 Å². The maximum absolute atomic E-state index is 5.76. The Hall–Kier alpha value is -1.90. The number of hydrogen-bond donors (Lipinski definition) is 0. The van der Waals surface area contributed by atoms with Crippen molar-refractivity contribution in [2.75, 3.05) is 6.61 Å². The van der Waals surface area contributed by atoms with E-state index in [0.29, 0.717) is 0 Å². The molecule has 16 heavy (non-hydrogen) atoms. The summed E-state index contributed by atoms with van der Waals surface area (Å²) in [6.45, 7) is 0.808. The van der Waals surface area contributed by atoms with Crippen LogP contribution in [0.15, 0.2) is 36.7 Å². The highest BCUT2D eigenvalue weighted by Gasteiger charge is 2.15. The number of hydrogen-bond acceptors (Lipinski definition) is 3. The van der Waals surface area contributed by atoms with Crippen molar-refractivity contribution in [2.45, 2.75) is 12.8 Å². The summed E-state index contributed by atoms with van der Waals surface area (Å²) in [6.07, 6.45) is 5.68. The van der Waals surface area contributed by atoms with E-state index in [-0.39, 0.29) is 0 Å². The zero-order valence-electron chi connectivity index (χ0n) is 8.89. The van der Waals surface area contributed by atoms with E-state index in [9.17, 15) is 0 Å². The molecule has 0 unspecified atom stereocenters. The third-order valence-corrected chi connectivity index (χ3v) is 2.83. The number of aryl methyl sites for hydroxylation is 1. The van der Waals surface area contributed by atoms with Crippen molar-refractivity contribution in [1.82, 2.24) is 10.2 Å². The molecule has 0 N–H and O–H groups in total. The quantitative estimate of drug-likeness (QED) is 0.728. The predicted octanol–water partition coefficient (Wildman–Crippen LogP) is 2.47. The molecule has 0 saturated carbocycles. The van der Waals surface area contributed by atoms with Crippen LogP contribution in [0.5, 0.6) is 5.75 Å². The molecule has 0 radical (unpaired) electrons. The first-order chi connectivity index (χ1) is 7.95. The van der Waals surface area contributed by atoms with Gasteiger partial charge in [0.1, 0.15) is 5.75 Å². The molecular formula is C13H12N2O. The van der Waals surface area contributed by atoms with Crippen molar-refractivity contribution in [3.63, 3.8) is 0 Å². The van der Waals surface area contributed by atoms with E-state index in [4.69, 9.17) is 4.74 Å². The normalized spacial score (nSPS) is 14.0. The van der Waals surface area contributed by atoms with Gasteiger partial charge in [-0.15, -0.1) is 0 Å². The first kappa shape index (κ1) is 9.33. The van der Waals surface area contributed by atoms with Crippen LogP contribution in [0.25, 0.3) is 11.1 Å². The monoisotopic (exact) mass is 212 g/mol. The zero-order chi connectivity index (χ0) is 10.8. The van der Waals surface area contributed by atoms with Crippen LogP contribution in [0.2, 0.25) is 0 Å². The van der Waals surface area contributed by atoms with Crippen LogP contribution >= 0.6 is 0 Å². The summed E-state index contributed by atoms with van der Waals surface area (Å²) >= 11 is 0. The number of para-hydroxylation sites is 1. The fraction of sp³-hybridized carbons (Fsp3) is 0.231. The molecule has 0 fully saturated rings. The molecule has 1 aromatic carbocycles. The van der Waals surface area contributed by atoms with Crippen molar-refractivity contribution in [3.8, 4) is 16.9 Å². The molecule has 2 heterocycles. The summed E-state index contributed by atoms with van der Waals surface area (Å²) in [7, 11) is 0. The van der Waals surface area contributed by atoms with Crippen LogP contribution in [0.1, 0.15) is 12.0 Å². The molecule has 0 amide bonds. The van der Waals surface area contributed by atoms with Gasteiger partial charge in [0.25, 0.3) is 0 Å². The number of benzene rings is 1.